The van der Waals surface area contributed by atoms with E-state index in [2.05, 4.69) is 12.2 Å². The number of hydrogen-bond donors (Lipinski definition) is 1. The van der Waals surface area contributed by atoms with Gasteiger partial charge in [-0.25, -0.2) is 0 Å². The minimum absolute atomic E-state index is 0.00488. The molecule has 3 fully saturated rings. The Hall–Kier alpha value is -1.10. The summed E-state index contributed by atoms with van der Waals surface area (Å²) in [6.45, 7) is 4.14. The second-order valence-electron chi connectivity index (χ2n) is 6.15. The second-order valence-corrected chi connectivity index (χ2v) is 6.15. The summed E-state index contributed by atoms with van der Waals surface area (Å²) >= 11 is 0. The van der Waals surface area contributed by atoms with E-state index in [4.69, 9.17) is 4.74 Å². The molecule has 0 bridgehead atoms. The molecular formula is C14H22N2O3. The Morgan fingerprint density at radius 1 is 1.47 bits per heavy atom. The largest absolute Gasteiger partial charge is 0.381 e. The van der Waals surface area contributed by atoms with Gasteiger partial charge in [-0.05, 0) is 25.2 Å². The smallest absolute Gasteiger partial charge is 0.225 e. The van der Waals surface area contributed by atoms with Gasteiger partial charge in [0.1, 0.15) is 0 Å². The highest BCUT2D eigenvalue weighted by atomic mass is 16.5. The maximum atomic E-state index is 12.1. The number of nitrogens with zero attached hydrogens (tertiary/aromatic N) is 1. The molecule has 0 unspecified atom stereocenters. The van der Waals surface area contributed by atoms with Crippen LogP contribution in [0.4, 0.5) is 0 Å². The molecule has 1 saturated carbocycles. The average molecular weight is 266 g/mol. The number of nitrogens with one attached hydrogen (secondary N) is 1. The van der Waals surface area contributed by atoms with Crippen molar-refractivity contribution in [3.8, 4) is 0 Å². The van der Waals surface area contributed by atoms with Crippen LogP contribution in [0.2, 0.25) is 0 Å². The van der Waals surface area contributed by atoms with E-state index in [1.165, 1.54) is 0 Å². The highest BCUT2D eigenvalue weighted by molar-refractivity contribution is 5.83. The molecule has 0 aromatic carbocycles. The Balaban J connectivity index is 1.50. The first-order chi connectivity index (χ1) is 9.15. The van der Waals surface area contributed by atoms with Gasteiger partial charge in [-0.1, -0.05) is 6.92 Å². The van der Waals surface area contributed by atoms with Gasteiger partial charge in [-0.15, -0.1) is 0 Å². The number of rotatable bonds is 3. The topological polar surface area (TPSA) is 58.6 Å². The quantitative estimate of drug-likeness (QED) is 0.811. The highest BCUT2D eigenvalue weighted by Gasteiger charge is 2.45. The number of carbonyl (C=O) groups is 2. The molecule has 0 aromatic heterocycles. The molecule has 3 rings (SSSR count). The van der Waals surface area contributed by atoms with Gasteiger partial charge >= 0.3 is 0 Å². The van der Waals surface area contributed by atoms with Gasteiger partial charge in [0.15, 0.2) is 0 Å². The van der Waals surface area contributed by atoms with Crippen LogP contribution < -0.4 is 5.32 Å². The third-order valence-electron chi connectivity index (χ3n) is 4.50. The molecule has 3 aliphatic rings. The Labute approximate surface area is 113 Å². The predicted octanol–water partition coefficient (Wildman–Crippen LogP) is 0.538. The summed E-state index contributed by atoms with van der Waals surface area (Å²) in [7, 11) is 0. The molecule has 106 valence electrons. The number of carbonyl (C=O) groups excluding carboxylic acids is 2. The van der Waals surface area contributed by atoms with E-state index >= 15 is 0 Å². The fraction of sp³-hybridized carbons (Fsp3) is 0.857. The van der Waals surface area contributed by atoms with E-state index in [0.29, 0.717) is 31.5 Å². The lowest BCUT2D eigenvalue weighted by Crippen LogP contribution is -2.43. The summed E-state index contributed by atoms with van der Waals surface area (Å²) in [6, 6.07) is 0.419. The zero-order chi connectivity index (χ0) is 13.4. The van der Waals surface area contributed by atoms with E-state index in [1.807, 2.05) is 4.90 Å². The van der Waals surface area contributed by atoms with Crippen molar-refractivity contribution in [3.05, 3.63) is 0 Å². The normalized spacial score (nSPS) is 38.4. The van der Waals surface area contributed by atoms with Crippen molar-refractivity contribution in [2.45, 2.75) is 44.7 Å². The molecule has 0 radical (unpaired) electrons. The molecule has 0 aromatic rings. The Kier molecular flexibility index (Phi) is 3.48. The Morgan fingerprint density at radius 3 is 2.89 bits per heavy atom. The molecular weight excluding hydrogens is 244 g/mol. The molecule has 19 heavy (non-hydrogen) atoms. The van der Waals surface area contributed by atoms with E-state index in [9.17, 15) is 9.59 Å². The highest BCUT2D eigenvalue weighted by Crippen LogP contribution is 2.37. The van der Waals surface area contributed by atoms with Gasteiger partial charge < -0.3 is 15.0 Å². The van der Waals surface area contributed by atoms with Crippen LogP contribution >= 0.6 is 0 Å². The van der Waals surface area contributed by atoms with Gasteiger partial charge in [-0.3, -0.25) is 9.59 Å². The van der Waals surface area contributed by atoms with Crippen LogP contribution in [0.1, 0.15) is 32.6 Å². The maximum absolute atomic E-state index is 12.1. The first-order valence-corrected chi connectivity index (χ1v) is 7.32. The van der Waals surface area contributed by atoms with Crippen LogP contribution in [0.25, 0.3) is 0 Å². The standard InChI is InChI=1S/C14H22N2O3/c1-9-5-12(9)16-7-11(6-13(16)17)15-14(18)10-3-2-4-19-8-10/h9-12H,2-8H2,1H3,(H,15,18)/t9-,10-,11+,12+/m1/s1. The van der Waals surface area contributed by atoms with Gasteiger partial charge in [0.2, 0.25) is 11.8 Å². The van der Waals surface area contributed by atoms with Gasteiger partial charge in [0.05, 0.1) is 18.6 Å². The maximum Gasteiger partial charge on any atom is 0.225 e. The average Bonchev–Trinajstić information content (AvgIpc) is 3.02. The number of hydrogen-bond acceptors (Lipinski definition) is 3. The summed E-state index contributed by atoms with van der Waals surface area (Å²) in [5, 5.41) is 3.03. The fourth-order valence-corrected chi connectivity index (χ4v) is 3.15. The van der Waals surface area contributed by atoms with Gasteiger partial charge in [-0.2, -0.15) is 0 Å². The summed E-state index contributed by atoms with van der Waals surface area (Å²) in [5.74, 6) is 0.852. The third-order valence-corrected chi connectivity index (χ3v) is 4.50. The number of likely N-dealkylation sites (tertiary alicyclic amines) is 1. The Morgan fingerprint density at radius 2 is 2.26 bits per heavy atom. The van der Waals surface area contributed by atoms with Crippen LogP contribution in [0.15, 0.2) is 0 Å². The van der Waals surface area contributed by atoms with Crippen LogP contribution in [-0.2, 0) is 14.3 Å². The number of amides is 2. The molecule has 5 nitrogen and oxygen atoms in total. The van der Waals surface area contributed by atoms with Gasteiger partial charge in [0.25, 0.3) is 0 Å². The summed E-state index contributed by atoms with van der Waals surface area (Å²) in [5.41, 5.74) is 0. The van der Waals surface area contributed by atoms with Crippen LogP contribution in [-0.4, -0.2) is 48.6 Å². The summed E-state index contributed by atoms with van der Waals surface area (Å²) in [4.78, 5) is 26.0. The molecule has 4 atom stereocenters. The Bertz CT molecular complexity index is 379. The van der Waals surface area contributed by atoms with Crippen molar-refractivity contribution in [2.24, 2.45) is 11.8 Å². The van der Waals surface area contributed by atoms with Crippen molar-refractivity contribution in [1.82, 2.24) is 10.2 Å². The van der Waals surface area contributed by atoms with Crippen molar-refractivity contribution in [3.63, 3.8) is 0 Å². The van der Waals surface area contributed by atoms with Crippen molar-refractivity contribution >= 4 is 11.8 Å². The van der Waals surface area contributed by atoms with E-state index < -0.39 is 0 Å². The molecule has 2 heterocycles. The SMILES string of the molecule is C[C@@H]1C[C@@H]1N1C[C@@H](NC(=O)[C@@H]2CCCOC2)CC1=O. The molecule has 2 aliphatic heterocycles. The summed E-state index contributed by atoms with van der Waals surface area (Å²) < 4.78 is 5.33. The lowest BCUT2D eigenvalue weighted by molar-refractivity contribution is -0.129. The molecule has 5 heteroatoms. The second kappa shape index (κ2) is 5.12. The molecule has 0 spiro atoms. The molecule has 2 saturated heterocycles. The zero-order valence-electron chi connectivity index (χ0n) is 11.4. The lowest BCUT2D eigenvalue weighted by atomic mass is 10.0. The van der Waals surface area contributed by atoms with Crippen LogP contribution in [0, 0.1) is 11.8 Å². The summed E-state index contributed by atoms with van der Waals surface area (Å²) in [6.07, 6.45) is 3.43. The molecule has 2 amide bonds. The van der Waals surface area contributed by atoms with Crippen molar-refractivity contribution in [2.75, 3.05) is 19.8 Å². The third kappa shape index (κ3) is 2.76. The first kappa shape index (κ1) is 12.9. The zero-order valence-corrected chi connectivity index (χ0v) is 11.4. The molecule has 1 aliphatic carbocycles. The minimum atomic E-state index is -0.0299. The first-order valence-electron chi connectivity index (χ1n) is 7.32. The number of ether oxygens (including phenoxy) is 1. The minimum Gasteiger partial charge on any atom is -0.381 e. The van der Waals surface area contributed by atoms with Crippen molar-refractivity contribution < 1.29 is 14.3 Å². The van der Waals surface area contributed by atoms with Gasteiger partial charge in [0, 0.05) is 25.6 Å². The van der Waals surface area contributed by atoms with Crippen LogP contribution in [0.3, 0.4) is 0 Å². The fourth-order valence-electron chi connectivity index (χ4n) is 3.15. The van der Waals surface area contributed by atoms with E-state index in [-0.39, 0.29) is 23.8 Å². The predicted molar refractivity (Wildman–Crippen MR) is 69.4 cm³/mol. The van der Waals surface area contributed by atoms with E-state index in [0.717, 1.165) is 25.9 Å². The van der Waals surface area contributed by atoms with Crippen LogP contribution in [0.5, 0.6) is 0 Å². The van der Waals surface area contributed by atoms with E-state index in [1.54, 1.807) is 0 Å². The lowest BCUT2D eigenvalue weighted by Gasteiger charge is -2.23. The van der Waals surface area contributed by atoms with Crippen molar-refractivity contribution in [1.29, 1.82) is 0 Å². The monoisotopic (exact) mass is 266 g/mol. The molecule has 1 N–H and O–H groups in total.